The summed E-state index contributed by atoms with van der Waals surface area (Å²) in [6.45, 7) is 5.21. The largest absolute Gasteiger partial charge is 0.485 e. The van der Waals surface area contributed by atoms with Crippen molar-refractivity contribution in [2.75, 3.05) is 13.2 Å². The highest BCUT2D eigenvalue weighted by Gasteiger charge is 2.39. The van der Waals surface area contributed by atoms with E-state index in [-0.39, 0.29) is 18.9 Å². The van der Waals surface area contributed by atoms with Crippen molar-refractivity contribution >= 4 is 17.4 Å². The molecule has 0 saturated carbocycles. The molecule has 2 rings (SSSR count). The van der Waals surface area contributed by atoms with Gasteiger partial charge < -0.3 is 9.47 Å². The third-order valence-electron chi connectivity index (χ3n) is 3.10. The number of carbonyl (C=O) groups is 1. The summed E-state index contributed by atoms with van der Waals surface area (Å²) in [4.78, 5) is 26.4. The molecular formula is C15H16N2O5. The molecule has 0 N–H and O–H groups in total. The van der Waals surface area contributed by atoms with Crippen LogP contribution in [0.4, 0.5) is 5.69 Å². The third-order valence-corrected chi connectivity index (χ3v) is 3.10. The number of fused-ring (bicyclic) bond motifs is 1. The summed E-state index contributed by atoms with van der Waals surface area (Å²) in [6, 6.07) is 3.69. The Hall–Kier alpha value is -2.70. The number of carbonyl (C=O) groups excluding carboxylic acids is 1. The summed E-state index contributed by atoms with van der Waals surface area (Å²) in [6.07, 6.45) is 2.33. The number of hydrogen-bond acceptors (Lipinski definition) is 6. The number of nitro groups is 1. The molecule has 1 aliphatic heterocycles. The minimum absolute atomic E-state index is 0.0340. The Morgan fingerprint density at radius 2 is 2.41 bits per heavy atom. The van der Waals surface area contributed by atoms with Gasteiger partial charge in [-0.2, -0.15) is 0 Å². The van der Waals surface area contributed by atoms with Crippen LogP contribution in [0.5, 0.6) is 5.75 Å². The quantitative estimate of drug-likeness (QED) is 0.347. The van der Waals surface area contributed by atoms with Crippen LogP contribution in [-0.2, 0) is 16.0 Å². The number of ether oxygens (including phenoxy) is 2. The molecule has 1 heterocycles. The lowest BCUT2D eigenvalue weighted by Gasteiger charge is -2.20. The van der Waals surface area contributed by atoms with Crippen molar-refractivity contribution in [1.29, 1.82) is 0 Å². The second-order valence-electron chi connectivity index (χ2n) is 4.59. The lowest BCUT2D eigenvalue weighted by molar-refractivity contribution is -0.492. The second kappa shape index (κ2) is 6.84. The van der Waals surface area contributed by atoms with Crippen LogP contribution in [0.1, 0.15) is 12.5 Å². The molecule has 1 aromatic carbocycles. The van der Waals surface area contributed by atoms with Crippen molar-refractivity contribution in [1.82, 2.24) is 0 Å². The van der Waals surface area contributed by atoms with E-state index in [1.165, 1.54) is 0 Å². The predicted octanol–water partition coefficient (Wildman–Crippen LogP) is 2.09. The zero-order valence-corrected chi connectivity index (χ0v) is 12.2. The molecule has 0 fully saturated rings. The van der Waals surface area contributed by atoms with E-state index in [1.54, 1.807) is 25.1 Å². The van der Waals surface area contributed by atoms with Crippen LogP contribution in [0.15, 0.2) is 35.8 Å². The summed E-state index contributed by atoms with van der Waals surface area (Å²) in [5.74, 6) is -0.363. The van der Waals surface area contributed by atoms with Gasteiger partial charge in [-0.1, -0.05) is 18.2 Å². The number of nitrogens with zero attached hydrogens (tertiary/aromatic N) is 2. The lowest BCUT2D eigenvalue weighted by Crippen LogP contribution is -2.42. The number of esters is 1. The first kappa shape index (κ1) is 15.7. The number of hydrogen-bond donors (Lipinski definition) is 0. The maximum absolute atomic E-state index is 11.8. The third kappa shape index (κ3) is 3.13. The summed E-state index contributed by atoms with van der Waals surface area (Å²) in [5.41, 5.74) is 1.40. The van der Waals surface area contributed by atoms with Crippen LogP contribution < -0.4 is 4.74 Å². The van der Waals surface area contributed by atoms with E-state index in [9.17, 15) is 14.9 Å². The van der Waals surface area contributed by atoms with Gasteiger partial charge in [-0.05, 0) is 19.4 Å². The van der Waals surface area contributed by atoms with Gasteiger partial charge in [0.05, 0.1) is 6.61 Å². The topological polar surface area (TPSA) is 91.0 Å². The smallest absolute Gasteiger partial charge is 0.388 e. The van der Waals surface area contributed by atoms with Crippen LogP contribution in [0.2, 0.25) is 0 Å². The Morgan fingerprint density at radius 3 is 3.05 bits per heavy atom. The monoisotopic (exact) mass is 304 g/mol. The molecule has 116 valence electrons. The molecule has 0 bridgehead atoms. The highest BCUT2D eigenvalue weighted by atomic mass is 16.6. The van der Waals surface area contributed by atoms with Gasteiger partial charge in [0.2, 0.25) is 0 Å². The van der Waals surface area contributed by atoms with Gasteiger partial charge >= 0.3 is 12.0 Å². The average molecular weight is 304 g/mol. The highest BCUT2D eigenvalue weighted by Crippen LogP contribution is 2.35. The normalized spacial score (nSPS) is 14.1. The van der Waals surface area contributed by atoms with E-state index in [0.717, 1.165) is 5.56 Å². The number of para-hydroxylation sites is 1. The lowest BCUT2D eigenvalue weighted by atomic mass is 10.1. The standard InChI is InChI=1S/C15H16N2O5/c1-3-6-10-7-5-8-11-14(10)22-9-12(16-11)13(17(19)20)15(18)21-4-2/h3,5,7-8,13H,1,4,6,9H2,2H3. The Labute approximate surface area is 127 Å². The van der Waals surface area contributed by atoms with Crippen molar-refractivity contribution in [3.63, 3.8) is 0 Å². The van der Waals surface area contributed by atoms with Gasteiger partial charge in [0.1, 0.15) is 23.8 Å². The Kier molecular flexibility index (Phi) is 4.88. The van der Waals surface area contributed by atoms with E-state index in [0.29, 0.717) is 17.9 Å². The van der Waals surface area contributed by atoms with E-state index < -0.39 is 16.9 Å². The van der Waals surface area contributed by atoms with Gasteiger partial charge in [-0.25, -0.2) is 9.79 Å². The summed E-state index contributed by atoms with van der Waals surface area (Å²) < 4.78 is 10.3. The Bertz CT molecular complexity index is 639. The number of benzene rings is 1. The first-order valence-electron chi connectivity index (χ1n) is 6.81. The fraction of sp³-hybridized carbons (Fsp3) is 0.333. The van der Waals surface area contributed by atoms with Crippen LogP contribution in [0.25, 0.3) is 0 Å². The van der Waals surface area contributed by atoms with Crippen LogP contribution in [0.3, 0.4) is 0 Å². The molecule has 1 aromatic rings. The summed E-state index contributed by atoms with van der Waals surface area (Å²) in [7, 11) is 0. The zero-order valence-electron chi connectivity index (χ0n) is 12.2. The fourth-order valence-electron chi connectivity index (χ4n) is 2.18. The highest BCUT2D eigenvalue weighted by molar-refractivity contribution is 6.07. The Balaban J connectivity index is 2.37. The molecule has 1 aliphatic rings. The molecule has 1 unspecified atom stereocenters. The van der Waals surface area contributed by atoms with Gasteiger partial charge in [0, 0.05) is 10.5 Å². The zero-order chi connectivity index (χ0) is 16.1. The van der Waals surface area contributed by atoms with Gasteiger partial charge in [-0.3, -0.25) is 10.1 Å². The first-order valence-corrected chi connectivity index (χ1v) is 6.81. The molecule has 22 heavy (non-hydrogen) atoms. The molecule has 0 radical (unpaired) electrons. The van der Waals surface area contributed by atoms with Crippen molar-refractivity contribution in [3.05, 3.63) is 46.5 Å². The van der Waals surface area contributed by atoms with Crippen molar-refractivity contribution in [3.8, 4) is 5.75 Å². The summed E-state index contributed by atoms with van der Waals surface area (Å²) >= 11 is 0. The van der Waals surface area contributed by atoms with Gasteiger partial charge in [0.25, 0.3) is 0 Å². The fourth-order valence-corrected chi connectivity index (χ4v) is 2.18. The molecule has 0 aromatic heterocycles. The molecule has 0 aliphatic carbocycles. The molecule has 1 atom stereocenters. The minimum Gasteiger partial charge on any atom is -0.485 e. The van der Waals surface area contributed by atoms with E-state index >= 15 is 0 Å². The molecular weight excluding hydrogens is 288 g/mol. The van der Waals surface area contributed by atoms with Gasteiger partial charge in [-0.15, -0.1) is 6.58 Å². The minimum atomic E-state index is -1.64. The van der Waals surface area contributed by atoms with Crippen LogP contribution in [0, 0.1) is 10.1 Å². The molecule has 7 nitrogen and oxygen atoms in total. The first-order chi connectivity index (χ1) is 10.6. The van der Waals surface area contributed by atoms with E-state index in [4.69, 9.17) is 9.47 Å². The second-order valence-corrected chi connectivity index (χ2v) is 4.59. The van der Waals surface area contributed by atoms with E-state index in [1.807, 2.05) is 6.07 Å². The number of rotatable bonds is 6. The molecule has 0 amide bonds. The number of allylic oxidation sites excluding steroid dienone is 1. The SMILES string of the molecule is C=CCc1cccc2c1OCC(C(C(=O)OCC)[N+](=O)[O-])=N2. The van der Waals surface area contributed by atoms with Crippen LogP contribution in [-0.4, -0.2) is 35.9 Å². The predicted molar refractivity (Wildman–Crippen MR) is 80.3 cm³/mol. The van der Waals surface area contributed by atoms with Crippen molar-refractivity contribution < 1.29 is 19.2 Å². The maximum Gasteiger partial charge on any atom is 0.388 e. The maximum atomic E-state index is 11.8. The Morgan fingerprint density at radius 1 is 1.64 bits per heavy atom. The van der Waals surface area contributed by atoms with Crippen molar-refractivity contribution in [2.45, 2.75) is 19.4 Å². The van der Waals surface area contributed by atoms with Gasteiger partial charge in [0.15, 0.2) is 0 Å². The van der Waals surface area contributed by atoms with Crippen molar-refractivity contribution in [2.24, 2.45) is 4.99 Å². The number of aliphatic imine (C=N–C) groups is 1. The van der Waals surface area contributed by atoms with E-state index in [2.05, 4.69) is 11.6 Å². The molecule has 0 saturated heterocycles. The molecule has 0 spiro atoms. The summed E-state index contributed by atoms with van der Waals surface area (Å²) in [5, 5.41) is 11.2. The average Bonchev–Trinajstić information content (AvgIpc) is 2.47. The molecule has 7 heteroatoms. The van der Waals surface area contributed by atoms with Crippen LogP contribution >= 0.6 is 0 Å².